The Morgan fingerprint density at radius 2 is 2.46 bits per heavy atom. The van der Waals surface area contributed by atoms with Crippen molar-refractivity contribution in [1.82, 2.24) is 10.2 Å². The first-order valence-corrected chi connectivity index (χ1v) is 5.00. The minimum absolute atomic E-state index is 0.0871. The van der Waals surface area contributed by atoms with Crippen LogP contribution in [0.5, 0.6) is 0 Å². The highest BCUT2D eigenvalue weighted by molar-refractivity contribution is 7.13. The molecule has 74 valence electrons. The standard InChI is InChI=1S/C7H13N3O2S/c11-3-5-12-4-1-2-8-7-10-9-6-13-7/h6,11H,1-5H2,(H,8,10). The first kappa shape index (κ1) is 10.4. The van der Waals surface area contributed by atoms with Gasteiger partial charge in [0.2, 0.25) is 5.13 Å². The van der Waals surface area contributed by atoms with Gasteiger partial charge in [-0.2, -0.15) is 0 Å². The lowest BCUT2D eigenvalue weighted by atomic mass is 10.4. The van der Waals surface area contributed by atoms with Crippen LogP contribution in [0.3, 0.4) is 0 Å². The Morgan fingerprint density at radius 3 is 3.15 bits per heavy atom. The van der Waals surface area contributed by atoms with E-state index < -0.39 is 0 Å². The quantitative estimate of drug-likeness (QED) is 0.626. The second-order valence-electron chi connectivity index (χ2n) is 2.36. The molecule has 0 unspecified atom stereocenters. The molecule has 13 heavy (non-hydrogen) atoms. The topological polar surface area (TPSA) is 67.3 Å². The normalized spacial score (nSPS) is 10.2. The molecule has 1 heterocycles. The van der Waals surface area contributed by atoms with Crippen LogP contribution in [-0.4, -0.2) is 41.7 Å². The van der Waals surface area contributed by atoms with Crippen LogP contribution < -0.4 is 5.32 Å². The van der Waals surface area contributed by atoms with Crippen LogP contribution in [0.25, 0.3) is 0 Å². The van der Waals surface area contributed by atoms with Crippen LogP contribution >= 0.6 is 11.3 Å². The fourth-order valence-corrected chi connectivity index (χ4v) is 1.26. The maximum atomic E-state index is 8.42. The molecule has 0 aromatic carbocycles. The summed E-state index contributed by atoms with van der Waals surface area (Å²) in [5.74, 6) is 0. The zero-order chi connectivity index (χ0) is 9.36. The number of hydrogen-bond acceptors (Lipinski definition) is 6. The van der Waals surface area contributed by atoms with E-state index in [0.29, 0.717) is 13.2 Å². The lowest BCUT2D eigenvalue weighted by Crippen LogP contribution is -2.07. The van der Waals surface area contributed by atoms with Gasteiger partial charge in [-0.15, -0.1) is 10.2 Å². The van der Waals surface area contributed by atoms with Crippen molar-refractivity contribution in [2.45, 2.75) is 6.42 Å². The lowest BCUT2D eigenvalue weighted by Gasteiger charge is -2.02. The summed E-state index contributed by atoms with van der Waals surface area (Å²) in [7, 11) is 0. The number of hydrogen-bond donors (Lipinski definition) is 2. The summed E-state index contributed by atoms with van der Waals surface area (Å²) in [6, 6.07) is 0. The number of nitrogens with zero attached hydrogens (tertiary/aromatic N) is 2. The largest absolute Gasteiger partial charge is 0.394 e. The zero-order valence-electron chi connectivity index (χ0n) is 7.27. The fraction of sp³-hybridized carbons (Fsp3) is 0.714. The van der Waals surface area contributed by atoms with Crippen molar-refractivity contribution < 1.29 is 9.84 Å². The summed E-state index contributed by atoms with van der Waals surface area (Å²) in [5, 5.41) is 19.9. The molecule has 0 aliphatic heterocycles. The van der Waals surface area contributed by atoms with E-state index in [-0.39, 0.29) is 6.61 Å². The highest BCUT2D eigenvalue weighted by atomic mass is 32.1. The molecule has 0 spiro atoms. The van der Waals surface area contributed by atoms with E-state index in [1.165, 1.54) is 11.3 Å². The van der Waals surface area contributed by atoms with Crippen LogP contribution in [0.2, 0.25) is 0 Å². The first-order valence-electron chi connectivity index (χ1n) is 4.12. The van der Waals surface area contributed by atoms with Gasteiger partial charge in [-0.05, 0) is 6.42 Å². The summed E-state index contributed by atoms with van der Waals surface area (Å²) >= 11 is 1.48. The van der Waals surface area contributed by atoms with Gasteiger partial charge in [0.15, 0.2) is 0 Å². The van der Waals surface area contributed by atoms with Crippen molar-refractivity contribution in [2.75, 3.05) is 31.7 Å². The predicted molar refractivity (Wildman–Crippen MR) is 50.9 cm³/mol. The molecular weight excluding hydrogens is 190 g/mol. The molecule has 0 radical (unpaired) electrons. The number of anilines is 1. The molecule has 0 saturated carbocycles. The molecule has 0 aliphatic rings. The monoisotopic (exact) mass is 203 g/mol. The van der Waals surface area contributed by atoms with Gasteiger partial charge < -0.3 is 15.2 Å². The minimum Gasteiger partial charge on any atom is -0.394 e. The van der Waals surface area contributed by atoms with Crippen LogP contribution in [0, 0.1) is 0 Å². The van der Waals surface area contributed by atoms with E-state index in [9.17, 15) is 0 Å². The SMILES string of the molecule is OCCOCCCNc1nncs1. The Labute approximate surface area is 80.8 Å². The lowest BCUT2D eigenvalue weighted by molar-refractivity contribution is 0.0922. The molecule has 0 saturated heterocycles. The van der Waals surface area contributed by atoms with Crippen molar-refractivity contribution in [3.63, 3.8) is 0 Å². The maximum Gasteiger partial charge on any atom is 0.205 e. The third kappa shape index (κ3) is 4.76. The molecule has 0 amide bonds. The Bertz CT molecular complexity index is 206. The van der Waals surface area contributed by atoms with Gasteiger partial charge in [0.1, 0.15) is 5.51 Å². The number of nitrogens with one attached hydrogen (secondary N) is 1. The summed E-state index contributed by atoms with van der Waals surface area (Å²) in [6.45, 7) is 1.98. The molecule has 2 N–H and O–H groups in total. The number of aliphatic hydroxyl groups is 1. The van der Waals surface area contributed by atoms with Gasteiger partial charge in [-0.25, -0.2) is 0 Å². The van der Waals surface area contributed by atoms with Gasteiger partial charge in [0.05, 0.1) is 13.2 Å². The van der Waals surface area contributed by atoms with Crippen LogP contribution in [0.4, 0.5) is 5.13 Å². The number of ether oxygens (including phenoxy) is 1. The van der Waals surface area contributed by atoms with Gasteiger partial charge >= 0.3 is 0 Å². The molecule has 0 aliphatic carbocycles. The van der Waals surface area contributed by atoms with Crippen LogP contribution in [-0.2, 0) is 4.74 Å². The van der Waals surface area contributed by atoms with E-state index in [1.54, 1.807) is 5.51 Å². The van der Waals surface area contributed by atoms with Crippen molar-refractivity contribution in [3.05, 3.63) is 5.51 Å². The summed E-state index contributed by atoms with van der Waals surface area (Å²) < 4.78 is 5.08. The Balaban J connectivity index is 1.90. The van der Waals surface area contributed by atoms with E-state index in [2.05, 4.69) is 15.5 Å². The minimum atomic E-state index is 0.0871. The Hall–Kier alpha value is -0.720. The van der Waals surface area contributed by atoms with Crippen molar-refractivity contribution >= 4 is 16.5 Å². The van der Waals surface area contributed by atoms with Gasteiger partial charge in [0.25, 0.3) is 0 Å². The predicted octanol–water partition coefficient (Wildman–Crippen LogP) is 0.349. The molecule has 1 aromatic heterocycles. The molecule has 0 atom stereocenters. The van der Waals surface area contributed by atoms with E-state index in [0.717, 1.165) is 18.1 Å². The smallest absolute Gasteiger partial charge is 0.205 e. The molecule has 5 nitrogen and oxygen atoms in total. The van der Waals surface area contributed by atoms with Gasteiger partial charge in [-0.3, -0.25) is 0 Å². The molecule has 6 heteroatoms. The average molecular weight is 203 g/mol. The average Bonchev–Trinajstić information content (AvgIpc) is 2.63. The third-order valence-corrected chi connectivity index (χ3v) is 1.99. The van der Waals surface area contributed by atoms with Gasteiger partial charge in [-0.1, -0.05) is 11.3 Å². The summed E-state index contributed by atoms with van der Waals surface area (Å²) in [4.78, 5) is 0. The van der Waals surface area contributed by atoms with Crippen LogP contribution in [0.15, 0.2) is 5.51 Å². The van der Waals surface area contributed by atoms with Crippen molar-refractivity contribution in [1.29, 1.82) is 0 Å². The Kier molecular flexibility index (Phi) is 5.39. The number of rotatable bonds is 7. The zero-order valence-corrected chi connectivity index (χ0v) is 8.09. The summed E-state index contributed by atoms with van der Waals surface area (Å²) in [5.41, 5.74) is 1.69. The molecule has 0 bridgehead atoms. The van der Waals surface area contributed by atoms with Crippen molar-refractivity contribution in [3.8, 4) is 0 Å². The van der Waals surface area contributed by atoms with E-state index in [4.69, 9.17) is 9.84 Å². The highest BCUT2D eigenvalue weighted by Gasteiger charge is 1.93. The molecule has 1 aromatic rings. The Morgan fingerprint density at radius 1 is 1.54 bits per heavy atom. The van der Waals surface area contributed by atoms with Crippen LogP contribution in [0.1, 0.15) is 6.42 Å². The fourth-order valence-electron chi connectivity index (χ4n) is 0.786. The highest BCUT2D eigenvalue weighted by Crippen LogP contribution is 2.06. The molecule has 1 rings (SSSR count). The number of aromatic nitrogens is 2. The number of aliphatic hydroxyl groups excluding tert-OH is 1. The first-order chi connectivity index (χ1) is 6.43. The second-order valence-corrected chi connectivity index (χ2v) is 3.19. The van der Waals surface area contributed by atoms with E-state index >= 15 is 0 Å². The van der Waals surface area contributed by atoms with Crippen molar-refractivity contribution in [2.24, 2.45) is 0 Å². The summed E-state index contributed by atoms with van der Waals surface area (Å²) in [6.07, 6.45) is 0.902. The third-order valence-electron chi connectivity index (χ3n) is 1.34. The van der Waals surface area contributed by atoms with Gasteiger partial charge in [0, 0.05) is 13.2 Å². The second kappa shape index (κ2) is 6.76. The van der Waals surface area contributed by atoms with E-state index in [1.807, 2.05) is 0 Å². The molecule has 0 fully saturated rings. The molecular formula is C7H13N3O2S. The maximum absolute atomic E-state index is 8.42.